The molecule has 0 spiro atoms. The Kier molecular flexibility index (Phi) is 3.42. The van der Waals surface area contributed by atoms with Crippen LogP contribution in [0.4, 0.5) is 0 Å². The zero-order valence-electron chi connectivity index (χ0n) is 11.0. The van der Waals surface area contributed by atoms with Crippen LogP contribution >= 0.6 is 0 Å². The molecule has 0 aliphatic carbocycles. The molecule has 1 aromatic carbocycles. The summed E-state index contributed by atoms with van der Waals surface area (Å²) in [6.07, 6.45) is 7.42. The lowest BCUT2D eigenvalue weighted by atomic mass is 9.95. The van der Waals surface area contributed by atoms with Gasteiger partial charge in [0, 0.05) is 23.5 Å². The van der Waals surface area contributed by atoms with Crippen LogP contribution in [-0.2, 0) is 6.42 Å². The van der Waals surface area contributed by atoms with Gasteiger partial charge in [0.15, 0.2) is 0 Å². The van der Waals surface area contributed by atoms with Crippen molar-refractivity contribution < 1.29 is 4.74 Å². The number of hydrogen-bond donors (Lipinski definition) is 1. The maximum absolute atomic E-state index is 5.88. The summed E-state index contributed by atoms with van der Waals surface area (Å²) in [5, 5.41) is 3.32. The number of ether oxygens (including phenoxy) is 1. The molecule has 1 aromatic heterocycles. The third-order valence-electron chi connectivity index (χ3n) is 3.48. The normalized spacial score (nSPS) is 15.4. The molecule has 1 atom stereocenters. The molecule has 98 valence electrons. The van der Waals surface area contributed by atoms with Crippen molar-refractivity contribution in [2.45, 2.75) is 18.9 Å². The van der Waals surface area contributed by atoms with E-state index < -0.39 is 0 Å². The molecule has 2 heterocycles. The number of aryl methyl sites for hydroxylation is 1. The van der Waals surface area contributed by atoms with Gasteiger partial charge >= 0.3 is 0 Å². The molecule has 0 amide bonds. The minimum atomic E-state index is 0.0641. The first-order chi connectivity index (χ1) is 9.40. The van der Waals surface area contributed by atoms with Crippen LogP contribution in [0.3, 0.4) is 0 Å². The van der Waals surface area contributed by atoms with Crippen molar-refractivity contribution in [3.05, 3.63) is 53.6 Å². The number of para-hydroxylation sites is 1. The summed E-state index contributed by atoms with van der Waals surface area (Å²) in [7, 11) is 1.94. The van der Waals surface area contributed by atoms with Crippen LogP contribution in [0.15, 0.2) is 36.9 Å². The second-order valence-corrected chi connectivity index (χ2v) is 4.68. The van der Waals surface area contributed by atoms with Crippen LogP contribution in [0, 0.1) is 0 Å². The van der Waals surface area contributed by atoms with E-state index in [1.807, 2.05) is 19.4 Å². The minimum absolute atomic E-state index is 0.0641. The van der Waals surface area contributed by atoms with Crippen LogP contribution in [-0.4, -0.2) is 23.6 Å². The predicted octanol–water partition coefficient (Wildman–Crippen LogP) is 2.11. The fourth-order valence-corrected chi connectivity index (χ4v) is 2.60. The lowest BCUT2D eigenvalue weighted by molar-refractivity contribution is 0.283. The maximum Gasteiger partial charge on any atom is 0.127 e. The molecule has 1 aliphatic heterocycles. The molecular weight excluding hydrogens is 238 g/mol. The average molecular weight is 255 g/mol. The van der Waals surface area contributed by atoms with E-state index >= 15 is 0 Å². The number of benzene rings is 1. The monoisotopic (exact) mass is 255 g/mol. The summed E-state index contributed by atoms with van der Waals surface area (Å²) in [5.41, 5.74) is 3.50. The van der Waals surface area contributed by atoms with E-state index in [1.165, 1.54) is 5.56 Å². The van der Waals surface area contributed by atoms with Crippen molar-refractivity contribution in [1.82, 2.24) is 15.3 Å². The Bertz CT molecular complexity index is 557. The molecular formula is C15H17N3O. The molecule has 19 heavy (non-hydrogen) atoms. The van der Waals surface area contributed by atoms with Gasteiger partial charge in [-0.05, 0) is 25.5 Å². The first-order valence-corrected chi connectivity index (χ1v) is 6.57. The highest BCUT2D eigenvalue weighted by Crippen LogP contribution is 2.35. The standard InChI is InChI=1S/C15H17N3O/c1-16-14(12-8-17-10-18-9-12)13-6-2-4-11-5-3-7-19-15(11)13/h2,4,6,8-10,14,16H,3,5,7H2,1H3. The van der Waals surface area contributed by atoms with Crippen molar-refractivity contribution in [3.8, 4) is 5.75 Å². The van der Waals surface area contributed by atoms with Crippen LogP contribution in [0.2, 0.25) is 0 Å². The lowest BCUT2D eigenvalue weighted by Crippen LogP contribution is -2.21. The summed E-state index contributed by atoms with van der Waals surface area (Å²) in [5.74, 6) is 1.02. The number of nitrogens with zero attached hydrogens (tertiary/aromatic N) is 2. The van der Waals surface area contributed by atoms with Crippen molar-refractivity contribution in [2.75, 3.05) is 13.7 Å². The van der Waals surface area contributed by atoms with Crippen molar-refractivity contribution in [1.29, 1.82) is 0 Å². The Balaban J connectivity index is 2.05. The molecule has 4 nitrogen and oxygen atoms in total. The zero-order valence-corrected chi connectivity index (χ0v) is 11.0. The third kappa shape index (κ3) is 2.31. The topological polar surface area (TPSA) is 47.0 Å². The lowest BCUT2D eigenvalue weighted by Gasteiger charge is -2.25. The maximum atomic E-state index is 5.88. The summed E-state index contributed by atoms with van der Waals surface area (Å²) < 4.78 is 5.88. The van der Waals surface area contributed by atoms with Gasteiger partial charge in [0.2, 0.25) is 0 Å². The minimum Gasteiger partial charge on any atom is -0.493 e. The summed E-state index contributed by atoms with van der Waals surface area (Å²) in [6.45, 7) is 0.797. The van der Waals surface area contributed by atoms with Gasteiger partial charge in [-0.2, -0.15) is 0 Å². The van der Waals surface area contributed by atoms with E-state index in [1.54, 1.807) is 6.33 Å². The molecule has 0 saturated heterocycles. The van der Waals surface area contributed by atoms with Crippen molar-refractivity contribution in [2.24, 2.45) is 0 Å². The van der Waals surface area contributed by atoms with E-state index in [2.05, 4.69) is 33.5 Å². The average Bonchev–Trinajstić information content (AvgIpc) is 2.49. The van der Waals surface area contributed by atoms with Crippen LogP contribution in [0.1, 0.15) is 29.2 Å². The second-order valence-electron chi connectivity index (χ2n) is 4.68. The van der Waals surface area contributed by atoms with Gasteiger partial charge in [-0.1, -0.05) is 18.2 Å². The van der Waals surface area contributed by atoms with Crippen LogP contribution < -0.4 is 10.1 Å². The Morgan fingerprint density at radius 2 is 2.11 bits per heavy atom. The van der Waals surface area contributed by atoms with Gasteiger partial charge in [-0.3, -0.25) is 0 Å². The summed E-state index contributed by atoms with van der Waals surface area (Å²) in [6, 6.07) is 6.41. The zero-order chi connectivity index (χ0) is 13.1. The highest BCUT2D eigenvalue weighted by molar-refractivity contribution is 5.47. The number of hydrogen-bond acceptors (Lipinski definition) is 4. The fraction of sp³-hybridized carbons (Fsp3) is 0.333. The number of aromatic nitrogens is 2. The number of fused-ring (bicyclic) bond motifs is 1. The molecule has 0 bridgehead atoms. The van der Waals surface area contributed by atoms with E-state index in [0.717, 1.165) is 36.3 Å². The van der Waals surface area contributed by atoms with E-state index in [0.29, 0.717) is 0 Å². The molecule has 2 aromatic rings. The fourth-order valence-electron chi connectivity index (χ4n) is 2.60. The molecule has 1 aliphatic rings. The molecule has 1 N–H and O–H groups in total. The quantitative estimate of drug-likeness (QED) is 0.912. The molecule has 0 radical (unpaired) electrons. The highest BCUT2D eigenvalue weighted by atomic mass is 16.5. The van der Waals surface area contributed by atoms with Gasteiger partial charge in [0.1, 0.15) is 12.1 Å². The Morgan fingerprint density at radius 3 is 2.89 bits per heavy atom. The molecule has 3 rings (SSSR count). The molecule has 4 heteroatoms. The van der Waals surface area contributed by atoms with Crippen molar-refractivity contribution >= 4 is 0 Å². The Hall–Kier alpha value is -1.94. The van der Waals surface area contributed by atoms with Crippen LogP contribution in [0.25, 0.3) is 0 Å². The van der Waals surface area contributed by atoms with E-state index in [9.17, 15) is 0 Å². The first-order valence-electron chi connectivity index (χ1n) is 6.57. The van der Waals surface area contributed by atoms with Gasteiger partial charge in [0.25, 0.3) is 0 Å². The summed E-state index contributed by atoms with van der Waals surface area (Å²) in [4.78, 5) is 8.20. The summed E-state index contributed by atoms with van der Waals surface area (Å²) >= 11 is 0. The largest absolute Gasteiger partial charge is 0.493 e. The molecule has 0 saturated carbocycles. The second kappa shape index (κ2) is 5.36. The van der Waals surface area contributed by atoms with Gasteiger partial charge in [-0.15, -0.1) is 0 Å². The van der Waals surface area contributed by atoms with Gasteiger partial charge in [0.05, 0.1) is 12.6 Å². The smallest absolute Gasteiger partial charge is 0.127 e. The Morgan fingerprint density at radius 1 is 1.26 bits per heavy atom. The number of rotatable bonds is 3. The van der Waals surface area contributed by atoms with Crippen molar-refractivity contribution in [3.63, 3.8) is 0 Å². The van der Waals surface area contributed by atoms with E-state index in [-0.39, 0.29) is 6.04 Å². The third-order valence-corrected chi connectivity index (χ3v) is 3.48. The SMILES string of the molecule is CNC(c1cncnc1)c1cccc2c1OCCC2. The predicted molar refractivity (Wildman–Crippen MR) is 73.2 cm³/mol. The van der Waals surface area contributed by atoms with E-state index in [4.69, 9.17) is 4.74 Å². The Labute approximate surface area is 112 Å². The first kappa shape index (κ1) is 12.1. The van der Waals surface area contributed by atoms with Gasteiger partial charge < -0.3 is 10.1 Å². The highest BCUT2D eigenvalue weighted by Gasteiger charge is 2.21. The molecule has 0 fully saturated rings. The van der Waals surface area contributed by atoms with Gasteiger partial charge in [-0.25, -0.2) is 9.97 Å². The number of nitrogens with one attached hydrogen (secondary N) is 1. The van der Waals surface area contributed by atoms with Crippen LogP contribution in [0.5, 0.6) is 5.75 Å². The molecule has 1 unspecified atom stereocenters.